The summed E-state index contributed by atoms with van der Waals surface area (Å²) in [6, 6.07) is 0. The summed E-state index contributed by atoms with van der Waals surface area (Å²) in [6.07, 6.45) is 2.09. The van der Waals surface area contributed by atoms with Gasteiger partial charge in [0.1, 0.15) is 0 Å². The highest BCUT2D eigenvalue weighted by Crippen LogP contribution is 2.33. The Bertz CT molecular complexity index is 201. The van der Waals surface area contributed by atoms with Crippen molar-refractivity contribution < 1.29 is 14.6 Å². The molecule has 0 aliphatic rings. The van der Waals surface area contributed by atoms with Gasteiger partial charge in [-0.25, -0.2) is 0 Å². The maximum absolute atomic E-state index is 11.7. The van der Waals surface area contributed by atoms with Crippen LogP contribution in [-0.2, 0) is 9.53 Å². The van der Waals surface area contributed by atoms with Gasteiger partial charge in [-0.15, -0.1) is 0 Å². The van der Waals surface area contributed by atoms with Crippen molar-refractivity contribution in [2.24, 2.45) is 11.8 Å². The van der Waals surface area contributed by atoms with E-state index in [1.807, 2.05) is 27.7 Å². The summed E-state index contributed by atoms with van der Waals surface area (Å²) in [5, 5.41) is 10.5. The van der Waals surface area contributed by atoms with E-state index in [0.29, 0.717) is 12.8 Å². The summed E-state index contributed by atoms with van der Waals surface area (Å²) < 4.78 is 4.77. The number of rotatable bonds is 6. The van der Waals surface area contributed by atoms with Crippen LogP contribution in [0.25, 0.3) is 0 Å². The predicted octanol–water partition coefficient (Wildman–Crippen LogP) is 2.37. The molecule has 0 fully saturated rings. The van der Waals surface area contributed by atoms with Gasteiger partial charge in [0.2, 0.25) is 0 Å². The standard InChI is InChI=1S/C12H24O3/c1-6-8-12(14,7-2)10(9(3)4)11(13)15-5/h9-10,14H,6-8H2,1-5H3. The van der Waals surface area contributed by atoms with Gasteiger partial charge in [0.25, 0.3) is 0 Å². The Hall–Kier alpha value is -0.570. The van der Waals surface area contributed by atoms with Gasteiger partial charge >= 0.3 is 5.97 Å². The number of carbonyl (C=O) groups is 1. The first-order valence-corrected chi connectivity index (χ1v) is 5.73. The second kappa shape index (κ2) is 6.11. The van der Waals surface area contributed by atoms with E-state index in [1.165, 1.54) is 7.11 Å². The van der Waals surface area contributed by atoms with Gasteiger partial charge < -0.3 is 9.84 Å². The lowest BCUT2D eigenvalue weighted by atomic mass is 9.75. The Labute approximate surface area is 92.8 Å². The van der Waals surface area contributed by atoms with Gasteiger partial charge in [0.05, 0.1) is 18.6 Å². The monoisotopic (exact) mass is 216 g/mol. The number of hydrogen-bond acceptors (Lipinski definition) is 3. The van der Waals surface area contributed by atoms with Crippen molar-refractivity contribution in [2.45, 2.75) is 52.6 Å². The molecule has 0 aromatic heterocycles. The number of methoxy groups -OCH3 is 1. The molecule has 0 amide bonds. The van der Waals surface area contributed by atoms with Gasteiger partial charge in [0.15, 0.2) is 0 Å². The van der Waals surface area contributed by atoms with Crippen molar-refractivity contribution in [3.8, 4) is 0 Å². The number of ether oxygens (including phenoxy) is 1. The van der Waals surface area contributed by atoms with Gasteiger partial charge in [-0.3, -0.25) is 4.79 Å². The van der Waals surface area contributed by atoms with Crippen LogP contribution in [0.3, 0.4) is 0 Å². The minimum atomic E-state index is -0.921. The minimum absolute atomic E-state index is 0.0916. The van der Waals surface area contributed by atoms with Crippen LogP contribution < -0.4 is 0 Å². The van der Waals surface area contributed by atoms with Crippen LogP contribution in [0.4, 0.5) is 0 Å². The molecule has 0 aromatic rings. The van der Waals surface area contributed by atoms with Crippen molar-refractivity contribution in [3.63, 3.8) is 0 Å². The molecule has 3 nitrogen and oxygen atoms in total. The third-order valence-electron chi connectivity index (χ3n) is 3.00. The zero-order valence-electron chi connectivity index (χ0n) is 10.5. The minimum Gasteiger partial charge on any atom is -0.469 e. The molecule has 0 aliphatic heterocycles. The van der Waals surface area contributed by atoms with E-state index < -0.39 is 11.5 Å². The molecule has 0 bridgehead atoms. The summed E-state index contributed by atoms with van der Waals surface area (Å²) in [6.45, 7) is 7.80. The van der Waals surface area contributed by atoms with E-state index in [2.05, 4.69) is 0 Å². The van der Waals surface area contributed by atoms with Crippen molar-refractivity contribution >= 4 is 5.97 Å². The van der Waals surface area contributed by atoms with Crippen LogP contribution >= 0.6 is 0 Å². The molecular formula is C12H24O3. The smallest absolute Gasteiger partial charge is 0.311 e. The molecule has 0 spiro atoms. The molecule has 15 heavy (non-hydrogen) atoms. The fourth-order valence-corrected chi connectivity index (χ4v) is 2.22. The lowest BCUT2D eigenvalue weighted by Crippen LogP contribution is -2.45. The summed E-state index contributed by atoms with van der Waals surface area (Å²) in [5.41, 5.74) is -0.921. The van der Waals surface area contributed by atoms with E-state index in [0.717, 1.165) is 6.42 Å². The largest absolute Gasteiger partial charge is 0.469 e. The van der Waals surface area contributed by atoms with Crippen LogP contribution in [-0.4, -0.2) is 23.8 Å². The third-order valence-corrected chi connectivity index (χ3v) is 3.00. The lowest BCUT2D eigenvalue weighted by molar-refractivity contribution is -0.160. The Morgan fingerprint density at radius 3 is 2.20 bits per heavy atom. The fraction of sp³-hybridized carbons (Fsp3) is 0.917. The maximum Gasteiger partial charge on any atom is 0.311 e. The summed E-state index contributed by atoms with van der Waals surface area (Å²) in [4.78, 5) is 11.7. The quantitative estimate of drug-likeness (QED) is 0.693. The molecule has 0 saturated heterocycles. The van der Waals surface area contributed by atoms with E-state index in [4.69, 9.17) is 4.74 Å². The highest BCUT2D eigenvalue weighted by Gasteiger charge is 2.41. The maximum atomic E-state index is 11.7. The van der Waals surface area contributed by atoms with Crippen LogP contribution in [0.15, 0.2) is 0 Å². The van der Waals surface area contributed by atoms with Crippen LogP contribution in [0.2, 0.25) is 0 Å². The van der Waals surface area contributed by atoms with Gasteiger partial charge in [-0.05, 0) is 18.8 Å². The molecule has 3 heteroatoms. The highest BCUT2D eigenvalue weighted by molar-refractivity contribution is 5.74. The van der Waals surface area contributed by atoms with Gasteiger partial charge in [0, 0.05) is 0 Å². The van der Waals surface area contributed by atoms with Crippen LogP contribution in [0.1, 0.15) is 47.0 Å². The molecule has 0 aliphatic carbocycles. The van der Waals surface area contributed by atoms with Crippen LogP contribution in [0.5, 0.6) is 0 Å². The van der Waals surface area contributed by atoms with Crippen molar-refractivity contribution in [3.05, 3.63) is 0 Å². The van der Waals surface area contributed by atoms with Crippen molar-refractivity contribution in [1.29, 1.82) is 0 Å². The summed E-state index contributed by atoms with van der Waals surface area (Å²) >= 11 is 0. The SMILES string of the molecule is CCCC(O)(CC)C(C(=O)OC)C(C)C. The Morgan fingerprint density at radius 2 is 1.93 bits per heavy atom. The summed E-state index contributed by atoms with van der Waals surface area (Å²) in [7, 11) is 1.37. The Kier molecular flexibility index (Phi) is 5.88. The third kappa shape index (κ3) is 3.49. The zero-order chi connectivity index (χ0) is 12.1. The molecule has 2 unspecified atom stereocenters. The summed E-state index contributed by atoms with van der Waals surface area (Å²) in [5.74, 6) is -0.635. The Balaban J connectivity index is 4.92. The molecular weight excluding hydrogens is 192 g/mol. The molecule has 1 N–H and O–H groups in total. The number of aliphatic hydroxyl groups is 1. The highest BCUT2D eigenvalue weighted by atomic mass is 16.5. The van der Waals surface area contributed by atoms with Crippen molar-refractivity contribution in [2.75, 3.05) is 7.11 Å². The number of hydrogen-bond donors (Lipinski definition) is 1. The van der Waals surface area contributed by atoms with Crippen molar-refractivity contribution in [1.82, 2.24) is 0 Å². The Morgan fingerprint density at radius 1 is 1.40 bits per heavy atom. The normalized spacial score (nSPS) is 17.3. The average Bonchev–Trinajstić information content (AvgIpc) is 2.17. The second-order valence-electron chi connectivity index (χ2n) is 4.45. The second-order valence-corrected chi connectivity index (χ2v) is 4.45. The molecule has 90 valence electrons. The molecule has 0 rings (SSSR count). The van der Waals surface area contributed by atoms with Gasteiger partial charge in [-0.2, -0.15) is 0 Å². The number of esters is 1. The van der Waals surface area contributed by atoms with Crippen LogP contribution in [0, 0.1) is 11.8 Å². The number of carbonyl (C=O) groups excluding carboxylic acids is 1. The first kappa shape index (κ1) is 14.4. The lowest BCUT2D eigenvalue weighted by Gasteiger charge is -2.36. The first-order chi connectivity index (χ1) is 6.92. The first-order valence-electron chi connectivity index (χ1n) is 5.73. The van der Waals surface area contributed by atoms with E-state index in [9.17, 15) is 9.90 Å². The molecule has 0 radical (unpaired) electrons. The fourth-order valence-electron chi connectivity index (χ4n) is 2.22. The molecule has 0 aromatic carbocycles. The molecule has 2 atom stereocenters. The average molecular weight is 216 g/mol. The predicted molar refractivity (Wildman–Crippen MR) is 60.5 cm³/mol. The van der Waals surface area contributed by atoms with E-state index in [-0.39, 0.29) is 11.9 Å². The van der Waals surface area contributed by atoms with Gasteiger partial charge in [-0.1, -0.05) is 34.1 Å². The topological polar surface area (TPSA) is 46.5 Å². The van der Waals surface area contributed by atoms with E-state index in [1.54, 1.807) is 0 Å². The van der Waals surface area contributed by atoms with E-state index >= 15 is 0 Å². The molecule has 0 heterocycles. The molecule has 0 saturated carbocycles. The zero-order valence-corrected chi connectivity index (χ0v) is 10.5.